The van der Waals surface area contributed by atoms with Crippen LogP contribution in [-0.2, 0) is 13.6 Å². The van der Waals surface area contributed by atoms with Crippen molar-refractivity contribution in [2.75, 3.05) is 0 Å². The summed E-state index contributed by atoms with van der Waals surface area (Å²) in [4.78, 5) is 12.0. The second-order valence-electron chi connectivity index (χ2n) is 3.74. The molecule has 0 aliphatic rings. The summed E-state index contributed by atoms with van der Waals surface area (Å²) in [6, 6.07) is 6.92. The van der Waals surface area contributed by atoms with Crippen LogP contribution in [0, 0.1) is 0 Å². The molecule has 0 radical (unpaired) electrons. The molecule has 5 heteroatoms. The Morgan fingerprint density at radius 2 is 2.06 bits per heavy atom. The van der Waals surface area contributed by atoms with Crippen LogP contribution in [0.1, 0.15) is 10.4 Å². The molecule has 3 nitrogen and oxygen atoms in total. The Labute approximate surface area is 113 Å². The molecule has 0 saturated heterocycles. The Morgan fingerprint density at radius 3 is 2.59 bits per heavy atom. The van der Waals surface area contributed by atoms with Crippen molar-refractivity contribution in [1.82, 2.24) is 4.57 Å². The number of rotatable bonds is 3. The van der Waals surface area contributed by atoms with Gasteiger partial charge in [-0.15, -0.1) is 0 Å². The molecular weight excluding hydrogens is 304 g/mol. The molecule has 1 heterocycles. The highest BCUT2D eigenvalue weighted by Crippen LogP contribution is 2.12. The topological polar surface area (TPSA) is 25.9 Å². The van der Waals surface area contributed by atoms with E-state index in [1.54, 1.807) is 24.3 Å². The highest BCUT2D eigenvalue weighted by Gasteiger charge is 2.15. The largest absolute Gasteiger partial charge is 0.325 e. The molecule has 0 saturated carbocycles. The summed E-state index contributed by atoms with van der Waals surface area (Å²) >= 11 is 9.19. The minimum absolute atomic E-state index is 0.0542. The van der Waals surface area contributed by atoms with Crippen molar-refractivity contribution in [2.24, 2.45) is 7.05 Å². The average molecular weight is 315 g/mol. The van der Waals surface area contributed by atoms with Crippen LogP contribution in [0.4, 0.5) is 0 Å². The summed E-state index contributed by atoms with van der Waals surface area (Å²) in [7, 11) is 1.91. The van der Waals surface area contributed by atoms with Gasteiger partial charge in [0, 0.05) is 26.5 Å². The van der Waals surface area contributed by atoms with Crippen molar-refractivity contribution in [3.63, 3.8) is 0 Å². The van der Waals surface area contributed by atoms with Gasteiger partial charge in [-0.25, -0.2) is 9.13 Å². The van der Waals surface area contributed by atoms with E-state index in [2.05, 4.69) is 15.9 Å². The lowest BCUT2D eigenvalue weighted by Gasteiger charge is -1.99. The number of aromatic nitrogens is 2. The molecule has 2 aromatic rings. The molecule has 1 aromatic carbocycles. The standard InChI is InChI=1S/C12H11BrClN2O/c1-15-6-7-16(12(15)13)8-11(17)9-2-4-10(14)5-3-9/h2-7H,8H2,1H3/q+1. The monoisotopic (exact) mass is 313 g/mol. The number of halogens is 2. The van der Waals surface area contributed by atoms with E-state index in [-0.39, 0.29) is 5.78 Å². The second kappa shape index (κ2) is 5.02. The highest BCUT2D eigenvalue weighted by atomic mass is 79.9. The normalized spacial score (nSPS) is 10.5. The number of imidazole rings is 1. The quantitative estimate of drug-likeness (QED) is 0.632. The van der Waals surface area contributed by atoms with E-state index in [0.717, 1.165) is 4.73 Å². The second-order valence-corrected chi connectivity index (χ2v) is 4.88. The summed E-state index contributed by atoms with van der Waals surface area (Å²) in [6.45, 7) is 0.309. The number of hydrogen-bond donors (Lipinski definition) is 0. The smallest absolute Gasteiger partial charge is 0.290 e. The Kier molecular flexibility index (Phi) is 3.64. The number of benzene rings is 1. The number of aryl methyl sites for hydroxylation is 1. The predicted octanol–water partition coefficient (Wildman–Crippen LogP) is 2.61. The molecule has 1 aromatic heterocycles. The van der Waals surface area contributed by atoms with Gasteiger partial charge >= 0.3 is 4.73 Å². The zero-order valence-electron chi connectivity index (χ0n) is 9.23. The van der Waals surface area contributed by atoms with Crippen molar-refractivity contribution >= 4 is 33.3 Å². The van der Waals surface area contributed by atoms with Crippen LogP contribution in [0.5, 0.6) is 0 Å². The summed E-state index contributed by atoms with van der Waals surface area (Å²) in [5, 5.41) is 0.634. The average Bonchev–Trinajstić information content (AvgIpc) is 2.62. The third kappa shape index (κ3) is 2.76. The maximum atomic E-state index is 12.0. The molecule has 2 rings (SSSR count). The Morgan fingerprint density at radius 1 is 1.41 bits per heavy atom. The van der Waals surface area contributed by atoms with Crippen LogP contribution in [0.25, 0.3) is 0 Å². The van der Waals surface area contributed by atoms with Crippen molar-refractivity contribution in [1.29, 1.82) is 0 Å². The fraction of sp³-hybridized carbons (Fsp3) is 0.167. The number of ketones is 1. The van der Waals surface area contributed by atoms with Gasteiger partial charge in [-0.1, -0.05) is 11.6 Å². The zero-order chi connectivity index (χ0) is 12.4. The summed E-state index contributed by atoms with van der Waals surface area (Å²) in [6.07, 6.45) is 3.75. The first kappa shape index (κ1) is 12.3. The number of carbonyl (C=O) groups is 1. The van der Waals surface area contributed by atoms with E-state index in [4.69, 9.17) is 11.6 Å². The molecule has 0 aliphatic carbocycles. The van der Waals surface area contributed by atoms with Gasteiger partial charge in [0.15, 0.2) is 6.54 Å². The van der Waals surface area contributed by atoms with Gasteiger partial charge < -0.3 is 0 Å². The molecule has 0 unspecified atom stereocenters. The molecule has 0 amide bonds. The van der Waals surface area contributed by atoms with E-state index in [9.17, 15) is 4.79 Å². The summed E-state index contributed by atoms with van der Waals surface area (Å²) < 4.78 is 4.60. The van der Waals surface area contributed by atoms with Gasteiger partial charge in [0.25, 0.3) is 0 Å². The third-order valence-corrected chi connectivity index (χ3v) is 3.75. The fourth-order valence-electron chi connectivity index (χ4n) is 1.51. The summed E-state index contributed by atoms with van der Waals surface area (Å²) in [5.41, 5.74) is 0.664. The lowest BCUT2D eigenvalue weighted by molar-refractivity contribution is -0.682. The third-order valence-electron chi connectivity index (χ3n) is 2.48. The first-order chi connectivity index (χ1) is 8.08. The number of nitrogens with zero attached hydrogens (tertiary/aromatic N) is 2. The van der Waals surface area contributed by atoms with E-state index in [0.29, 0.717) is 17.1 Å². The molecule has 0 aliphatic heterocycles. The van der Waals surface area contributed by atoms with Crippen LogP contribution in [0.2, 0.25) is 5.02 Å². The zero-order valence-corrected chi connectivity index (χ0v) is 11.6. The number of Topliss-reactive ketones (excluding diaryl/α,β-unsaturated/α-hetero) is 1. The minimum atomic E-state index is 0.0542. The van der Waals surface area contributed by atoms with Crippen LogP contribution >= 0.6 is 27.5 Å². The Balaban J connectivity index is 2.17. The van der Waals surface area contributed by atoms with Crippen molar-refractivity contribution in [2.45, 2.75) is 6.54 Å². The van der Waals surface area contributed by atoms with Gasteiger partial charge in [0.05, 0.1) is 7.05 Å². The molecule has 0 spiro atoms. The van der Waals surface area contributed by atoms with Crippen molar-refractivity contribution in [3.8, 4) is 0 Å². The van der Waals surface area contributed by atoms with E-state index in [1.165, 1.54) is 0 Å². The number of hydrogen-bond acceptors (Lipinski definition) is 1. The lowest BCUT2D eigenvalue weighted by Crippen LogP contribution is -2.27. The maximum absolute atomic E-state index is 12.0. The Hall–Kier alpha value is -1.13. The van der Waals surface area contributed by atoms with Crippen molar-refractivity contribution < 1.29 is 9.36 Å². The molecule has 0 atom stereocenters. The molecular formula is C12H11BrClN2O+. The minimum Gasteiger partial charge on any atom is -0.290 e. The van der Waals surface area contributed by atoms with Gasteiger partial charge in [-0.3, -0.25) is 4.79 Å². The van der Waals surface area contributed by atoms with Crippen molar-refractivity contribution in [3.05, 3.63) is 52.0 Å². The van der Waals surface area contributed by atoms with E-state index >= 15 is 0 Å². The first-order valence-corrected chi connectivity index (χ1v) is 6.24. The van der Waals surface area contributed by atoms with Gasteiger partial charge in [-0.2, -0.15) is 0 Å². The SMILES string of the molecule is C[n+]1ccn(CC(=O)c2ccc(Cl)cc2)c1Br. The lowest BCUT2D eigenvalue weighted by atomic mass is 10.1. The van der Waals surface area contributed by atoms with Crippen LogP contribution in [-0.4, -0.2) is 10.4 Å². The van der Waals surface area contributed by atoms with Crippen LogP contribution in [0.15, 0.2) is 41.4 Å². The van der Waals surface area contributed by atoms with E-state index in [1.807, 2.05) is 28.6 Å². The van der Waals surface area contributed by atoms with Gasteiger partial charge in [0.2, 0.25) is 5.78 Å². The van der Waals surface area contributed by atoms with Crippen LogP contribution in [0.3, 0.4) is 0 Å². The molecule has 0 bridgehead atoms. The Bertz CT molecular complexity index is 548. The first-order valence-electron chi connectivity index (χ1n) is 5.07. The molecule has 88 valence electrons. The molecule has 17 heavy (non-hydrogen) atoms. The van der Waals surface area contributed by atoms with Gasteiger partial charge in [0.1, 0.15) is 12.4 Å². The maximum Gasteiger partial charge on any atom is 0.325 e. The van der Waals surface area contributed by atoms with Crippen LogP contribution < -0.4 is 4.57 Å². The number of carbonyl (C=O) groups excluding carboxylic acids is 1. The fourth-order valence-corrected chi connectivity index (χ4v) is 1.99. The van der Waals surface area contributed by atoms with Gasteiger partial charge in [-0.05, 0) is 24.3 Å². The van der Waals surface area contributed by atoms with E-state index < -0.39 is 0 Å². The highest BCUT2D eigenvalue weighted by molar-refractivity contribution is 9.10. The summed E-state index contributed by atoms with van der Waals surface area (Å²) in [5.74, 6) is 0.0542. The molecule has 0 fully saturated rings. The molecule has 0 N–H and O–H groups in total. The predicted molar refractivity (Wildman–Crippen MR) is 69.1 cm³/mol.